The van der Waals surface area contributed by atoms with Gasteiger partial charge in [0.1, 0.15) is 36.3 Å². The summed E-state index contributed by atoms with van der Waals surface area (Å²) in [5, 5.41) is 10.5. The molecule has 9 saturated heterocycles. The van der Waals surface area contributed by atoms with Crippen molar-refractivity contribution in [3.8, 4) is 0 Å². The summed E-state index contributed by atoms with van der Waals surface area (Å²) in [6.45, 7) is 11.3. The number of carbonyl (C=O) groups is 1. The zero-order chi connectivity index (χ0) is 36.5. The first-order chi connectivity index (χ1) is 25.6. The van der Waals surface area contributed by atoms with Crippen LogP contribution in [0.3, 0.4) is 0 Å². The lowest BCUT2D eigenvalue weighted by molar-refractivity contribution is -0.309. The van der Waals surface area contributed by atoms with Gasteiger partial charge in [-0.3, -0.25) is 4.79 Å². The van der Waals surface area contributed by atoms with Gasteiger partial charge in [0.25, 0.3) is 0 Å². The highest BCUT2D eigenvalue weighted by atomic mass is 16.7. The van der Waals surface area contributed by atoms with Crippen molar-refractivity contribution in [2.24, 2.45) is 23.5 Å². The second-order valence-electron chi connectivity index (χ2n) is 17.8. The Hall–Kier alpha value is -1.29. The number of aliphatic hydroxyl groups excluding tert-OH is 1. The Morgan fingerprint density at radius 3 is 2.26 bits per heavy atom. The fourth-order valence-corrected chi connectivity index (χ4v) is 11.4. The molecule has 0 aromatic rings. The van der Waals surface area contributed by atoms with E-state index in [2.05, 4.69) is 20.1 Å². The van der Waals surface area contributed by atoms with E-state index >= 15 is 0 Å². The number of hydrogen-bond donors (Lipinski definition) is 2. The normalized spacial score (nSPS) is 51.8. The standard InChI is InChI=1S/C41H61NO11/c1-19-11-26-7-9-29-20(2)12-25(46-29)6-5-22-13-33-37-38-40(51-33)39(53-41(22)52-37)36-30(50-38)10-8-27(48-36)14-23(43)15-28-32(17-31(47-26)21(19)3)49-34(35(28)45-4)16-24(44)18-42/h19,22,24-41,44H,2-3,5-18,42H2,1,4H3/t19-,22-,24?,25?,26?,27?,28?,29+,30?,31?,32?,33-,34-,35-,36+,37?,38+,39?,40?,41?/m1/s1. The van der Waals surface area contributed by atoms with Gasteiger partial charge >= 0.3 is 0 Å². The molecule has 9 rings (SSSR count). The molecule has 20 atom stereocenters. The Morgan fingerprint density at radius 2 is 1.43 bits per heavy atom. The number of methoxy groups -OCH3 is 1. The minimum atomic E-state index is -0.729. The molecule has 11 bridgehead atoms. The summed E-state index contributed by atoms with van der Waals surface area (Å²) < 4.78 is 59.9. The van der Waals surface area contributed by atoms with Gasteiger partial charge in [-0.25, -0.2) is 0 Å². The number of nitrogens with two attached hydrogens (primary N) is 1. The largest absolute Gasteiger partial charge is 0.392 e. The van der Waals surface area contributed by atoms with E-state index in [-0.39, 0.29) is 135 Å². The SMILES string of the molecule is C=C1C2CC3O[C@H](CC(O)CN)[C@H](OC)C3CC(=O)CC3CCC4O[C@@H]5C6O[C@@H]7C[C@@H](CCC8CC(=C)[C@H](CCC(C[C@H]1C)O2)O8)C(OC6[C@H]4O3)OC57. The van der Waals surface area contributed by atoms with E-state index in [1.54, 1.807) is 7.11 Å². The first-order valence-electron chi connectivity index (χ1n) is 20.7. The lowest BCUT2D eigenvalue weighted by atomic mass is 9.81. The van der Waals surface area contributed by atoms with Crippen molar-refractivity contribution in [3.63, 3.8) is 0 Å². The van der Waals surface area contributed by atoms with Gasteiger partial charge in [0.15, 0.2) is 6.29 Å². The van der Waals surface area contributed by atoms with E-state index in [1.165, 1.54) is 0 Å². The van der Waals surface area contributed by atoms with E-state index in [4.69, 9.17) is 48.4 Å². The maximum absolute atomic E-state index is 14.1. The fraction of sp³-hybridized carbons (Fsp3) is 0.878. The van der Waals surface area contributed by atoms with Crippen LogP contribution in [0.15, 0.2) is 24.3 Å². The molecule has 0 saturated carbocycles. The van der Waals surface area contributed by atoms with Crippen molar-refractivity contribution in [1.82, 2.24) is 0 Å². The van der Waals surface area contributed by atoms with Crippen LogP contribution in [-0.4, -0.2) is 128 Å². The average Bonchev–Trinajstić information content (AvgIpc) is 3.76. The third-order valence-electron chi connectivity index (χ3n) is 14.3. The van der Waals surface area contributed by atoms with Crippen LogP contribution in [0.5, 0.6) is 0 Å². The van der Waals surface area contributed by atoms with Gasteiger partial charge < -0.3 is 53.5 Å². The minimum Gasteiger partial charge on any atom is -0.392 e. The number of aliphatic hydroxyl groups is 1. The van der Waals surface area contributed by atoms with Gasteiger partial charge in [0.2, 0.25) is 0 Å². The molecule has 12 heteroatoms. The average molecular weight is 744 g/mol. The summed E-state index contributed by atoms with van der Waals surface area (Å²) in [4.78, 5) is 14.1. The molecule has 9 fully saturated rings. The van der Waals surface area contributed by atoms with Crippen molar-refractivity contribution in [1.29, 1.82) is 0 Å². The fourth-order valence-electron chi connectivity index (χ4n) is 11.4. The molecule has 3 N–H and O–H groups in total. The molecule has 12 nitrogen and oxygen atoms in total. The van der Waals surface area contributed by atoms with Crippen LogP contribution >= 0.6 is 0 Å². The lowest BCUT2D eigenvalue weighted by Gasteiger charge is -2.47. The van der Waals surface area contributed by atoms with Crippen LogP contribution in [-0.2, 0) is 47.4 Å². The monoisotopic (exact) mass is 743 g/mol. The molecule has 0 aromatic carbocycles. The van der Waals surface area contributed by atoms with Crippen LogP contribution in [0, 0.1) is 17.8 Å². The second kappa shape index (κ2) is 15.2. The maximum atomic E-state index is 14.1. The molecular formula is C41H61NO11. The summed E-state index contributed by atoms with van der Waals surface area (Å²) in [6, 6.07) is 0. The Bertz CT molecular complexity index is 1380. The molecule has 0 aromatic heterocycles. The van der Waals surface area contributed by atoms with E-state index in [0.29, 0.717) is 12.8 Å². The van der Waals surface area contributed by atoms with E-state index in [9.17, 15) is 9.90 Å². The molecular weight excluding hydrogens is 682 g/mol. The van der Waals surface area contributed by atoms with Crippen LogP contribution in [0.2, 0.25) is 0 Å². The molecule has 0 radical (unpaired) electrons. The quantitative estimate of drug-likeness (QED) is 0.405. The highest BCUT2D eigenvalue weighted by Crippen LogP contribution is 2.50. The van der Waals surface area contributed by atoms with Gasteiger partial charge in [0.05, 0.1) is 67.1 Å². The summed E-state index contributed by atoms with van der Waals surface area (Å²) in [5.41, 5.74) is 8.04. The van der Waals surface area contributed by atoms with E-state index in [1.807, 2.05) is 0 Å². The van der Waals surface area contributed by atoms with E-state index in [0.717, 1.165) is 68.9 Å². The summed E-state index contributed by atoms with van der Waals surface area (Å²) in [7, 11) is 1.66. The maximum Gasteiger partial charge on any atom is 0.161 e. The molecule has 9 heterocycles. The number of fused-ring (bicyclic) bond motifs is 6. The van der Waals surface area contributed by atoms with Gasteiger partial charge in [-0.1, -0.05) is 20.1 Å². The van der Waals surface area contributed by atoms with Gasteiger partial charge in [0, 0.05) is 51.2 Å². The van der Waals surface area contributed by atoms with E-state index < -0.39 is 12.2 Å². The number of rotatable bonds is 4. The Morgan fingerprint density at radius 1 is 0.736 bits per heavy atom. The third kappa shape index (κ3) is 7.15. The smallest absolute Gasteiger partial charge is 0.161 e. The molecule has 296 valence electrons. The Labute approximate surface area is 313 Å². The Kier molecular flexibility index (Phi) is 10.7. The van der Waals surface area contributed by atoms with Gasteiger partial charge in [-0.05, 0) is 74.9 Å². The summed E-state index contributed by atoms with van der Waals surface area (Å²) >= 11 is 0. The van der Waals surface area contributed by atoms with Crippen molar-refractivity contribution in [3.05, 3.63) is 24.3 Å². The van der Waals surface area contributed by atoms with Crippen molar-refractivity contribution >= 4 is 5.78 Å². The van der Waals surface area contributed by atoms with Crippen molar-refractivity contribution < 1.29 is 52.5 Å². The Balaban J connectivity index is 0.984. The first-order valence-corrected chi connectivity index (χ1v) is 20.7. The molecule has 0 aliphatic carbocycles. The number of ketones is 1. The van der Waals surface area contributed by atoms with Gasteiger partial charge in [-0.2, -0.15) is 0 Å². The zero-order valence-electron chi connectivity index (χ0n) is 31.5. The third-order valence-corrected chi connectivity index (χ3v) is 14.3. The van der Waals surface area contributed by atoms with Crippen LogP contribution < -0.4 is 5.73 Å². The predicted molar refractivity (Wildman–Crippen MR) is 191 cm³/mol. The summed E-state index contributed by atoms with van der Waals surface area (Å²) in [6.07, 6.45) is 5.36. The van der Waals surface area contributed by atoms with Crippen LogP contribution in [0.25, 0.3) is 0 Å². The molecule has 12 unspecified atom stereocenters. The number of carbonyl (C=O) groups excluding carboxylic acids is 1. The highest BCUT2D eigenvalue weighted by molar-refractivity contribution is 5.79. The topological polar surface area (TPSA) is 146 Å². The van der Waals surface area contributed by atoms with Crippen LogP contribution in [0.4, 0.5) is 0 Å². The second-order valence-corrected chi connectivity index (χ2v) is 17.8. The molecule has 9 aliphatic rings. The van der Waals surface area contributed by atoms with Gasteiger partial charge in [-0.15, -0.1) is 0 Å². The zero-order valence-corrected chi connectivity index (χ0v) is 31.5. The first kappa shape index (κ1) is 37.3. The number of hydrogen-bond acceptors (Lipinski definition) is 12. The molecule has 9 aliphatic heterocycles. The molecule has 53 heavy (non-hydrogen) atoms. The molecule has 0 spiro atoms. The summed E-state index contributed by atoms with van der Waals surface area (Å²) in [5.74, 6) is 0.346. The number of Topliss-reactive ketones (excluding diaryl/α,β-unsaturated/α-hetero) is 1. The molecule has 0 amide bonds. The van der Waals surface area contributed by atoms with Crippen molar-refractivity contribution in [2.45, 2.75) is 194 Å². The minimum absolute atomic E-state index is 0.0106. The lowest BCUT2D eigenvalue weighted by Crippen LogP contribution is -2.61. The van der Waals surface area contributed by atoms with Crippen LogP contribution in [0.1, 0.15) is 90.4 Å². The number of ether oxygens (including phenoxy) is 9. The van der Waals surface area contributed by atoms with Crippen molar-refractivity contribution in [2.75, 3.05) is 13.7 Å². The highest BCUT2D eigenvalue weighted by Gasteiger charge is 2.64. The predicted octanol–water partition coefficient (Wildman–Crippen LogP) is 3.68.